The van der Waals surface area contributed by atoms with E-state index in [9.17, 15) is 9.90 Å². The Morgan fingerprint density at radius 3 is 2.87 bits per heavy atom. The van der Waals surface area contributed by atoms with Crippen LogP contribution in [0.4, 0.5) is 0 Å². The molecule has 4 heterocycles. The Labute approximate surface area is 179 Å². The van der Waals surface area contributed by atoms with Crippen molar-refractivity contribution in [2.75, 3.05) is 19.6 Å². The summed E-state index contributed by atoms with van der Waals surface area (Å²) in [6, 6.07) is 12.2. The molecule has 31 heavy (non-hydrogen) atoms. The first kappa shape index (κ1) is 19.5. The zero-order valence-corrected chi connectivity index (χ0v) is 17.0. The Kier molecular flexibility index (Phi) is 5.23. The van der Waals surface area contributed by atoms with E-state index in [-0.39, 0.29) is 12.5 Å². The number of pyridine rings is 1. The molecule has 1 amide bonds. The molecule has 0 saturated carbocycles. The van der Waals surface area contributed by atoms with Gasteiger partial charge in [0.2, 0.25) is 0 Å². The van der Waals surface area contributed by atoms with E-state index in [1.165, 1.54) is 11.1 Å². The molecule has 0 fully saturated rings. The number of β-amino-alcohol motifs (C(OH)–C–C–N with tert-alkyl or cyclic N) is 1. The van der Waals surface area contributed by atoms with E-state index in [4.69, 9.17) is 0 Å². The van der Waals surface area contributed by atoms with Crippen LogP contribution in [0.5, 0.6) is 0 Å². The third-order valence-electron chi connectivity index (χ3n) is 5.69. The van der Waals surface area contributed by atoms with Crippen molar-refractivity contribution in [2.45, 2.75) is 19.1 Å². The van der Waals surface area contributed by atoms with Crippen molar-refractivity contribution in [3.63, 3.8) is 0 Å². The van der Waals surface area contributed by atoms with Crippen LogP contribution in [0.25, 0.3) is 16.8 Å². The molecule has 0 saturated heterocycles. The average Bonchev–Trinajstić information content (AvgIpc) is 3.47. The highest BCUT2D eigenvalue weighted by Gasteiger charge is 2.19. The highest BCUT2D eigenvalue weighted by atomic mass is 16.3. The molecule has 5 rings (SSSR count). The molecule has 158 valence electrons. The molecule has 4 aromatic rings. The van der Waals surface area contributed by atoms with Gasteiger partial charge in [0.1, 0.15) is 11.3 Å². The number of amides is 1. The van der Waals surface area contributed by atoms with Crippen LogP contribution in [0.15, 0.2) is 61.2 Å². The van der Waals surface area contributed by atoms with Crippen LogP contribution >= 0.6 is 0 Å². The number of carbonyl (C=O) groups is 1. The third-order valence-corrected chi connectivity index (χ3v) is 5.69. The number of nitrogens with one attached hydrogen (secondary N) is 2. The molecule has 8 heteroatoms. The molecule has 1 aliphatic heterocycles. The predicted octanol–water partition coefficient (Wildman–Crippen LogP) is 1.87. The average molecular weight is 416 g/mol. The number of rotatable bonds is 6. The molecule has 3 N–H and O–H groups in total. The Hall–Kier alpha value is -3.49. The number of hydrogen-bond donors (Lipinski definition) is 3. The van der Waals surface area contributed by atoms with Crippen LogP contribution in [-0.2, 0) is 13.0 Å². The topological polar surface area (TPSA) is 98.5 Å². The number of fused-ring (bicyclic) bond motifs is 2. The third kappa shape index (κ3) is 4.21. The van der Waals surface area contributed by atoms with Crippen LogP contribution in [0.3, 0.4) is 0 Å². The molecule has 1 atom stereocenters. The molecule has 3 aromatic heterocycles. The second-order valence-electron chi connectivity index (χ2n) is 7.91. The molecule has 0 bridgehead atoms. The van der Waals surface area contributed by atoms with Crippen molar-refractivity contribution in [3.05, 3.63) is 78.0 Å². The van der Waals surface area contributed by atoms with Gasteiger partial charge < -0.3 is 14.8 Å². The second-order valence-corrected chi connectivity index (χ2v) is 7.91. The monoisotopic (exact) mass is 416 g/mol. The zero-order chi connectivity index (χ0) is 21.2. The molecule has 0 spiro atoms. The number of nitrogens with zero attached hydrogens (tertiary/aromatic N) is 4. The van der Waals surface area contributed by atoms with Gasteiger partial charge in [-0.1, -0.05) is 24.3 Å². The van der Waals surface area contributed by atoms with Crippen molar-refractivity contribution in [1.82, 2.24) is 29.8 Å². The number of aliphatic hydroxyl groups excluding tert-OH is 1. The summed E-state index contributed by atoms with van der Waals surface area (Å²) in [6.45, 7) is 2.44. The van der Waals surface area contributed by atoms with Crippen LogP contribution in [0, 0.1) is 0 Å². The van der Waals surface area contributed by atoms with Crippen molar-refractivity contribution in [2.24, 2.45) is 0 Å². The quantitative estimate of drug-likeness (QED) is 0.446. The predicted molar refractivity (Wildman–Crippen MR) is 117 cm³/mol. The van der Waals surface area contributed by atoms with E-state index in [0.29, 0.717) is 17.9 Å². The number of imidazole rings is 1. The van der Waals surface area contributed by atoms with Crippen LogP contribution < -0.4 is 5.32 Å². The number of aromatic amines is 1. The maximum absolute atomic E-state index is 12.6. The normalized spacial score (nSPS) is 15.0. The zero-order valence-electron chi connectivity index (χ0n) is 17.0. The van der Waals surface area contributed by atoms with Gasteiger partial charge in [-0.25, -0.2) is 4.98 Å². The fourth-order valence-electron chi connectivity index (χ4n) is 4.05. The SMILES string of the molecule is O=C(NC[C@H](O)CN1CCc2ccccc2C1)c1cn2cc(-c3cn[nH]c3)ccc2n1. The van der Waals surface area contributed by atoms with E-state index >= 15 is 0 Å². The van der Waals surface area contributed by atoms with Crippen molar-refractivity contribution in [1.29, 1.82) is 0 Å². The lowest BCUT2D eigenvalue weighted by Crippen LogP contribution is -2.42. The highest BCUT2D eigenvalue weighted by Crippen LogP contribution is 2.19. The fourth-order valence-corrected chi connectivity index (χ4v) is 4.05. The molecule has 0 radical (unpaired) electrons. The van der Waals surface area contributed by atoms with Gasteiger partial charge in [0.25, 0.3) is 5.91 Å². The number of hydrogen-bond acceptors (Lipinski definition) is 5. The summed E-state index contributed by atoms with van der Waals surface area (Å²) < 4.78 is 1.82. The number of H-pyrrole nitrogens is 1. The summed E-state index contributed by atoms with van der Waals surface area (Å²) in [5.74, 6) is -0.295. The summed E-state index contributed by atoms with van der Waals surface area (Å²) in [5.41, 5.74) is 5.64. The summed E-state index contributed by atoms with van der Waals surface area (Å²) in [6.07, 6.45) is 7.51. The molecular weight excluding hydrogens is 392 g/mol. The first-order chi connectivity index (χ1) is 15.2. The van der Waals surface area contributed by atoms with Gasteiger partial charge >= 0.3 is 0 Å². The van der Waals surface area contributed by atoms with Crippen LogP contribution in [0.2, 0.25) is 0 Å². The Balaban J connectivity index is 1.18. The van der Waals surface area contributed by atoms with Crippen molar-refractivity contribution < 1.29 is 9.90 Å². The van der Waals surface area contributed by atoms with Crippen molar-refractivity contribution in [3.8, 4) is 11.1 Å². The summed E-state index contributed by atoms with van der Waals surface area (Å²) in [4.78, 5) is 19.2. The lowest BCUT2D eigenvalue weighted by molar-refractivity contribution is 0.0838. The van der Waals surface area contributed by atoms with Gasteiger partial charge in [0, 0.05) is 55.9 Å². The molecule has 8 nitrogen and oxygen atoms in total. The molecule has 0 unspecified atom stereocenters. The summed E-state index contributed by atoms with van der Waals surface area (Å²) >= 11 is 0. The Morgan fingerprint density at radius 1 is 1.16 bits per heavy atom. The smallest absolute Gasteiger partial charge is 0.271 e. The largest absolute Gasteiger partial charge is 0.390 e. The lowest BCUT2D eigenvalue weighted by atomic mass is 10.00. The van der Waals surface area contributed by atoms with Gasteiger partial charge in [0.15, 0.2) is 0 Å². The van der Waals surface area contributed by atoms with Crippen LogP contribution in [0.1, 0.15) is 21.6 Å². The van der Waals surface area contributed by atoms with E-state index in [2.05, 4.69) is 43.6 Å². The highest BCUT2D eigenvalue weighted by molar-refractivity contribution is 5.92. The number of aliphatic hydroxyl groups is 1. The van der Waals surface area contributed by atoms with Gasteiger partial charge in [-0.15, -0.1) is 0 Å². The molecule has 1 aliphatic rings. The van der Waals surface area contributed by atoms with E-state index in [0.717, 1.165) is 30.6 Å². The standard InChI is InChI=1S/C23H24N6O2/c30-20(14-28-8-7-16-3-1-2-4-17(16)12-28)11-24-23(31)21-15-29-13-18(5-6-22(29)27-21)19-9-25-26-10-19/h1-6,9-10,13,15,20,30H,7-8,11-12,14H2,(H,24,31)(H,25,26)/t20-/m0/s1. The van der Waals surface area contributed by atoms with E-state index in [1.807, 2.05) is 35.0 Å². The number of benzene rings is 1. The maximum Gasteiger partial charge on any atom is 0.271 e. The van der Waals surface area contributed by atoms with Gasteiger partial charge in [0.05, 0.1) is 12.3 Å². The van der Waals surface area contributed by atoms with Gasteiger partial charge in [-0.05, 0) is 29.7 Å². The maximum atomic E-state index is 12.6. The lowest BCUT2D eigenvalue weighted by Gasteiger charge is -2.30. The van der Waals surface area contributed by atoms with E-state index < -0.39 is 6.10 Å². The minimum atomic E-state index is -0.640. The number of carbonyl (C=O) groups excluding carboxylic acids is 1. The first-order valence-corrected chi connectivity index (χ1v) is 10.4. The summed E-state index contributed by atoms with van der Waals surface area (Å²) in [5, 5.41) is 20.0. The molecule has 0 aliphatic carbocycles. The number of aromatic nitrogens is 4. The second kappa shape index (κ2) is 8.33. The first-order valence-electron chi connectivity index (χ1n) is 10.4. The molecular formula is C23H24N6O2. The minimum absolute atomic E-state index is 0.186. The van der Waals surface area contributed by atoms with Gasteiger partial charge in [-0.2, -0.15) is 5.10 Å². The Morgan fingerprint density at radius 2 is 2.03 bits per heavy atom. The van der Waals surface area contributed by atoms with Crippen molar-refractivity contribution >= 4 is 11.6 Å². The Bertz CT molecular complexity index is 1200. The molecule has 1 aromatic carbocycles. The van der Waals surface area contributed by atoms with E-state index in [1.54, 1.807) is 12.4 Å². The summed E-state index contributed by atoms with van der Waals surface area (Å²) in [7, 11) is 0. The fraction of sp³-hybridized carbons (Fsp3) is 0.261. The minimum Gasteiger partial charge on any atom is -0.390 e. The van der Waals surface area contributed by atoms with Crippen LogP contribution in [-0.4, -0.2) is 61.2 Å². The van der Waals surface area contributed by atoms with Gasteiger partial charge in [-0.3, -0.25) is 14.8 Å².